The summed E-state index contributed by atoms with van der Waals surface area (Å²) < 4.78 is 188. The van der Waals surface area contributed by atoms with Crippen molar-refractivity contribution in [2.24, 2.45) is 0 Å². The van der Waals surface area contributed by atoms with Crippen LogP contribution in [0.4, 0.5) is 83.2 Å². The lowest BCUT2D eigenvalue weighted by molar-refractivity contribution is -0.140. The number of aromatic nitrogens is 6. The van der Waals surface area contributed by atoms with Gasteiger partial charge in [-0.1, -0.05) is 36.4 Å². The summed E-state index contributed by atoms with van der Waals surface area (Å²) in [6, 6.07) is 22.2. The van der Waals surface area contributed by atoms with Gasteiger partial charge < -0.3 is 75.0 Å². The van der Waals surface area contributed by atoms with Crippen molar-refractivity contribution < 1.29 is 120 Å². The number of fused-ring (bicyclic) bond motifs is 3. The fourth-order valence-electron chi connectivity index (χ4n) is 14.8. The summed E-state index contributed by atoms with van der Waals surface area (Å²) in [6.45, 7) is 5.16. The van der Waals surface area contributed by atoms with Gasteiger partial charge in [0.15, 0.2) is 0 Å². The molecule has 15 rings (SSSR count). The number of alkyl halides is 9. The third-order valence-electron chi connectivity index (χ3n) is 21.3. The number of rotatable bonds is 24. The molecule has 33 nitrogen and oxygen atoms in total. The van der Waals surface area contributed by atoms with Crippen LogP contribution < -0.4 is 60.3 Å². The summed E-state index contributed by atoms with van der Waals surface area (Å²) in [7, 11) is 13.8. The van der Waals surface area contributed by atoms with Crippen LogP contribution >= 0.6 is 0 Å². The summed E-state index contributed by atoms with van der Waals surface area (Å²) in [5.74, 6) is -8.75. The third-order valence-corrected chi connectivity index (χ3v) is 21.3. The normalized spacial score (nSPS) is 16.7. The van der Waals surface area contributed by atoms with Crippen LogP contribution in [0.3, 0.4) is 0 Å². The number of carbonyl (C=O) groups is 6. The van der Waals surface area contributed by atoms with Crippen molar-refractivity contribution in [1.82, 2.24) is 75.7 Å². The molecule has 6 amide bonds. The molecule has 6 aliphatic rings. The molecule has 6 aliphatic heterocycles. The van der Waals surface area contributed by atoms with Crippen molar-refractivity contribution in [3.05, 3.63) is 194 Å². The second-order valence-corrected chi connectivity index (χ2v) is 30.0. The van der Waals surface area contributed by atoms with E-state index in [-0.39, 0.29) is 135 Å². The van der Waals surface area contributed by atoms with Gasteiger partial charge in [0.1, 0.15) is 62.8 Å². The van der Waals surface area contributed by atoms with Gasteiger partial charge in [-0.3, -0.25) is 43.3 Å². The van der Waals surface area contributed by atoms with E-state index in [1.165, 1.54) is 91.2 Å². The first kappa shape index (κ1) is 92.2. The Morgan fingerprint density at radius 2 is 0.742 bits per heavy atom. The van der Waals surface area contributed by atoms with E-state index in [2.05, 4.69) is 76.5 Å². The lowest BCUT2D eigenvalue weighted by Crippen LogP contribution is -2.46. The Bertz CT molecular complexity index is 5680. The highest BCUT2D eigenvalue weighted by atomic mass is 19.4. The zero-order chi connectivity index (χ0) is 91.8. The number of halogens is 11. The highest BCUT2D eigenvalue weighted by Crippen LogP contribution is 2.46. The number of methoxy groups -OCH3 is 3. The van der Waals surface area contributed by atoms with Gasteiger partial charge in [-0.05, 0) is 151 Å². The molecule has 0 bridgehead atoms. The molecular formula is C84H85F11N18O15. The van der Waals surface area contributed by atoms with Crippen LogP contribution in [0.25, 0.3) is 0 Å². The van der Waals surface area contributed by atoms with Gasteiger partial charge in [0.2, 0.25) is 35.5 Å². The smallest absolute Gasteiger partial charge is 0.423 e. The van der Waals surface area contributed by atoms with Crippen molar-refractivity contribution in [3.8, 4) is 52.1 Å². The van der Waals surface area contributed by atoms with E-state index >= 15 is 8.78 Å². The largest absolute Gasteiger partial charge is 0.495 e. The van der Waals surface area contributed by atoms with Gasteiger partial charge in [-0.2, -0.15) is 54.5 Å². The van der Waals surface area contributed by atoms with Crippen molar-refractivity contribution >= 4 is 70.4 Å². The molecule has 0 spiro atoms. The van der Waals surface area contributed by atoms with E-state index in [0.717, 1.165) is 98.6 Å². The number of carbonyl (C=O) groups excluding carboxylic acids is 6. The molecule has 44 heteroatoms. The lowest BCUT2D eigenvalue weighted by Gasteiger charge is -2.30. The zero-order valence-corrected chi connectivity index (χ0v) is 70.0. The van der Waals surface area contributed by atoms with Gasteiger partial charge in [-0.25, -0.2) is 38.9 Å². The molecule has 0 radical (unpaired) electrons. The zero-order valence-electron chi connectivity index (χ0n) is 70.0. The summed E-state index contributed by atoms with van der Waals surface area (Å²) >= 11 is 0. The SMILES string of the molecule is COc1cc(C(=O)NC2CCN(C)CC2)c(F)cc1Nc1ncc(C(F)(F)F)c(Oc2cccc3c2C(=O)N(OC)C3)n1.COc1cc(C(=O)N[C@@H]2CCCN(C)C2)c(F)cc1Nc1ncc(C(F)(F)F)c(Oc2cccc3c2C(=O)N(OC)C3)n1.COc1cc(C(=O)N[C@@H]2CCCN(C)C2)ccc1Nc1ncc(C(F)(F)F)c(Oc2cccc3c2C(=O)N(OC)C3)n1. The number of anilines is 6. The van der Waals surface area contributed by atoms with Crippen LogP contribution in [0.15, 0.2) is 116 Å². The predicted octanol–water partition coefficient (Wildman–Crippen LogP) is 13.4. The van der Waals surface area contributed by atoms with Crippen molar-refractivity contribution in [2.75, 3.05) is 119 Å². The molecule has 0 unspecified atom stereocenters. The number of nitrogens with one attached hydrogen (secondary N) is 6. The van der Waals surface area contributed by atoms with Crippen LogP contribution in [0.2, 0.25) is 0 Å². The highest BCUT2D eigenvalue weighted by molar-refractivity contribution is 6.02. The van der Waals surface area contributed by atoms with Gasteiger partial charge in [-0.15, -0.1) is 0 Å². The first-order chi connectivity index (χ1) is 61.0. The monoisotopic (exact) mass is 1790 g/mol. The average molecular weight is 1800 g/mol. The molecule has 9 heterocycles. The summed E-state index contributed by atoms with van der Waals surface area (Å²) in [5.41, 5.74) is -2.13. The molecule has 0 saturated carbocycles. The molecule has 678 valence electrons. The van der Waals surface area contributed by atoms with Gasteiger partial charge in [0.05, 0.1) is 107 Å². The number of hydrogen-bond donors (Lipinski definition) is 6. The van der Waals surface area contributed by atoms with Crippen molar-refractivity contribution in [3.63, 3.8) is 0 Å². The van der Waals surface area contributed by atoms with Crippen LogP contribution in [0, 0.1) is 11.6 Å². The fraction of sp³-hybridized carbons (Fsp3) is 0.357. The fourth-order valence-corrected chi connectivity index (χ4v) is 14.8. The topological polar surface area (TPSA) is 354 Å². The lowest BCUT2D eigenvalue weighted by atomic mass is 10.0. The number of likely N-dealkylation sites (N-methyl/N-ethyl adjacent to an activating group) is 2. The maximum atomic E-state index is 15.1. The standard InChI is InChI=1S/2C28H28F4N6O5.C28H29F3N6O5/c1-37-9-5-7-16(14-37)34-24(39)17-10-22(41-2)20(11-19(17)29)35-27-33-12-18(28(30,31)32)25(36-27)43-21-8-4-6-15-13-38(42-3)26(40)23(15)21;1-37-9-7-16(8-10-37)34-24(39)17-11-22(41-2)20(12-19(17)29)35-27-33-13-18(28(30,31)32)25(36-27)43-21-6-4-5-15-14-38(42-3)26(40)23(15)21;1-36-11-5-7-18(15-36)33-24(38)16-9-10-20(22(12-16)40-2)34-27-32-13-19(28(29,30)31)25(35-27)42-21-8-4-6-17-14-37(41-3)26(39)23(17)21/h4,6,8,10-12,16H,5,7,9,13-14H2,1-3H3,(H,34,39)(H,33,35,36);4-6,11-13,16H,7-10,14H2,1-3H3,(H,34,39)(H,33,35,36);4,6,8-10,12-13,18H,5,7,11,14-15H2,1-3H3,(H,33,38)(H,32,34,35)/t16-;;18-/m1.1/s1. The Hall–Kier alpha value is -13.4. The number of hydroxylamine groups is 6. The summed E-state index contributed by atoms with van der Waals surface area (Å²) in [6.07, 6.45) is -8.08. The maximum Gasteiger partial charge on any atom is 0.423 e. The van der Waals surface area contributed by atoms with E-state index in [4.69, 9.17) is 42.9 Å². The number of piperidine rings is 3. The Morgan fingerprint density at radius 3 is 1.09 bits per heavy atom. The van der Waals surface area contributed by atoms with E-state index in [1.54, 1.807) is 36.4 Å². The molecule has 6 aromatic carbocycles. The second-order valence-electron chi connectivity index (χ2n) is 30.0. The molecule has 0 aliphatic carbocycles. The molecule has 3 saturated heterocycles. The van der Waals surface area contributed by atoms with Crippen LogP contribution in [-0.4, -0.2) is 216 Å². The third kappa shape index (κ3) is 21.3. The molecule has 3 aromatic heterocycles. The first-order valence-electron chi connectivity index (χ1n) is 39.6. The number of amides is 6. The first-order valence-corrected chi connectivity index (χ1v) is 39.6. The number of ether oxygens (including phenoxy) is 6. The van der Waals surface area contributed by atoms with Gasteiger partial charge in [0, 0.05) is 67.5 Å². The minimum absolute atomic E-state index is 0.0180. The van der Waals surface area contributed by atoms with Gasteiger partial charge >= 0.3 is 18.5 Å². The summed E-state index contributed by atoms with van der Waals surface area (Å²) in [5, 5.41) is 19.9. The highest BCUT2D eigenvalue weighted by Gasteiger charge is 2.43. The number of nitrogens with zero attached hydrogens (tertiary/aromatic N) is 12. The van der Waals surface area contributed by atoms with Crippen molar-refractivity contribution in [2.45, 2.75) is 94.8 Å². The van der Waals surface area contributed by atoms with Crippen LogP contribution in [0.1, 0.15) is 134 Å². The number of likely N-dealkylation sites (tertiary alicyclic amines) is 3. The van der Waals surface area contributed by atoms with E-state index in [0.29, 0.717) is 53.1 Å². The molecule has 3 fully saturated rings. The number of benzene rings is 6. The van der Waals surface area contributed by atoms with Crippen LogP contribution in [-0.2, 0) is 52.7 Å². The predicted molar refractivity (Wildman–Crippen MR) is 434 cm³/mol. The average Bonchev–Trinajstić information content (AvgIpc) is 1.66. The van der Waals surface area contributed by atoms with Crippen molar-refractivity contribution in [1.29, 1.82) is 0 Å². The molecule has 6 N–H and O–H groups in total. The second kappa shape index (κ2) is 39.2. The Labute approximate surface area is 723 Å². The Morgan fingerprint density at radius 1 is 0.398 bits per heavy atom. The Kier molecular flexibility index (Phi) is 28.3. The quantitative estimate of drug-likeness (QED) is 0.0306. The molecule has 128 heavy (non-hydrogen) atoms. The Balaban J connectivity index is 0.000000164. The molecule has 9 aromatic rings. The van der Waals surface area contributed by atoms with E-state index in [9.17, 15) is 68.3 Å². The minimum atomic E-state index is -4.90. The summed E-state index contributed by atoms with van der Waals surface area (Å²) in [4.78, 5) is 121. The van der Waals surface area contributed by atoms with E-state index in [1.807, 2.05) is 21.1 Å². The van der Waals surface area contributed by atoms with Gasteiger partial charge in [0.25, 0.3) is 35.4 Å². The number of hydrogen-bond acceptors (Lipinski definition) is 27. The molecule has 2 atom stereocenters. The molecular weight excluding hydrogens is 1710 g/mol. The minimum Gasteiger partial charge on any atom is -0.495 e. The maximum absolute atomic E-state index is 15.1. The van der Waals surface area contributed by atoms with Crippen LogP contribution in [0.5, 0.6) is 52.1 Å². The van der Waals surface area contributed by atoms with E-state index < -0.39 is 94.0 Å².